The van der Waals surface area contributed by atoms with Crippen molar-refractivity contribution in [2.75, 3.05) is 0 Å². The van der Waals surface area contributed by atoms with Crippen molar-refractivity contribution >= 4 is 40.7 Å². The quantitative estimate of drug-likeness (QED) is 0.338. The average Bonchev–Trinajstić information content (AvgIpc) is 3.41. The van der Waals surface area contributed by atoms with E-state index in [2.05, 4.69) is 20.2 Å². The molecule has 2 atom stereocenters. The number of benzene rings is 1. The van der Waals surface area contributed by atoms with Gasteiger partial charge in [-0.15, -0.1) is 0 Å². The summed E-state index contributed by atoms with van der Waals surface area (Å²) in [4.78, 5) is 12.2. The molecule has 5 nitrogen and oxygen atoms in total. The summed E-state index contributed by atoms with van der Waals surface area (Å²) >= 11 is 13.3. The van der Waals surface area contributed by atoms with Gasteiger partial charge < -0.3 is 14.6 Å². The number of nitrogens with zero attached hydrogens (tertiary/aromatic N) is 3. The molecule has 4 heterocycles. The molecule has 0 amide bonds. The zero-order valence-electron chi connectivity index (χ0n) is 16.9. The molecule has 32 heavy (non-hydrogen) atoms. The van der Waals surface area contributed by atoms with Gasteiger partial charge in [0.15, 0.2) is 10.2 Å². The summed E-state index contributed by atoms with van der Waals surface area (Å²) in [6, 6.07) is 23.2. The van der Waals surface area contributed by atoms with Crippen LogP contribution in [0.5, 0.6) is 0 Å². The standard InChI is InChI=1S/C24H19ClN4OS2/c25-16-7-9-18(10-8-16)32-21-12-11-20(30-21)23-22(19-6-2-4-14-27-19)28-24(31)29(23)15-17-5-1-3-13-26-17/h1-14,22-23H,15H2,(H,28,31)/t22-,23-/m1/s1. The summed E-state index contributed by atoms with van der Waals surface area (Å²) in [7, 11) is 0. The number of rotatable bonds is 6. The van der Waals surface area contributed by atoms with Gasteiger partial charge in [-0.1, -0.05) is 35.5 Å². The van der Waals surface area contributed by atoms with Crippen LogP contribution in [0.25, 0.3) is 0 Å². The molecule has 0 spiro atoms. The lowest BCUT2D eigenvalue weighted by atomic mass is 10.0. The molecule has 0 unspecified atom stereocenters. The molecule has 1 N–H and O–H groups in total. The summed E-state index contributed by atoms with van der Waals surface area (Å²) < 4.78 is 6.31. The topological polar surface area (TPSA) is 54.2 Å². The van der Waals surface area contributed by atoms with Crippen molar-refractivity contribution in [2.45, 2.75) is 28.6 Å². The third-order valence-corrected chi connectivity index (χ3v) is 6.71. The SMILES string of the molecule is S=C1N[C@H](c2ccccn2)[C@@H](c2ccc(Sc3ccc(Cl)cc3)o2)N1Cc1ccccn1. The molecule has 0 radical (unpaired) electrons. The minimum absolute atomic E-state index is 0.132. The van der Waals surface area contributed by atoms with Gasteiger partial charge in [-0.05, 0) is 72.9 Å². The van der Waals surface area contributed by atoms with Crippen molar-refractivity contribution in [1.82, 2.24) is 20.2 Å². The van der Waals surface area contributed by atoms with Crippen LogP contribution in [-0.2, 0) is 6.54 Å². The molecule has 3 aromatic heterocycles. The molecule has 1 saturated heterocycles. The second kappa shape index (κ2) is 9.32. The van der Waals surface area contributed by atoms with E-state index in [1.807, 2.05) is 72.8 Å². The molecule has 4 aromatic rings. The third-order valence-electron chi connectivity index (χ3n) is 5.18. The lowest BCUT2D eigenvalue weighted by Gasteiger charge is -2.25. The fourth-order valence-corrected chi connectivity index (χ4v) is 4.93. The van der Waals surface area contributed by atoms with Crippen molar-refractivity contribution in [3.05, 3.63) is 107 Å². The molecule has 0 aliphatic carbocycles. The van der Waals surface area contributed by atoms with Gasteiger partial charge >= 0.3 is 0 Å². The Kier molecular flexibility index (Phi) is 6.12. The van der Waals surface area contributed by atoms with Crippen LogP contribution in [0.15, 0.2) is 99.6 Å². The van der Waals surface area contributed by atoms with Crippen molar-refractivity contribution in [3.8, 4) is 0 Å². The van der Waals surface area contributed by atoms with Gasteiger partial charge in [0, 0.05) is 22.3 Å². The molecule has 0 bridgehead atoms. The minimum atomic E-state index is -0.154. The number of hydrogen-bond donors (Lipinski definition) is 1. The zero-order valence-corrected chi connectivity index (χ0v) is 19.3. The van der Waals surface area contributed by atoms with Gasteiger partial charge in [0.25, 0.3) is 0 Å². The Balaban J connectivity index is 1.47. The number of aromatic nitrogens is 2. The van der Waals surface area contributed by atoms with Gasteiger partial charge in [0.1, 0.15) is 11.8 Å². The summed E-state index contributed by atoms with van der Waals surface area (Å²) in [5.41, 5.74) is 1.84. The van der Waals surface area contributed by atoms with Gasteiger partial charge in [-0.25, -0.2) is 0 Å². The Hall–Kier alpha value is -2.87. The Bertz CT molecular complexity index is 1200. The van der Waals surface area contributed by atoms with E-state index in [1.54, 1.807) is 24.2 Å². The molecule has 1 aliphatic heterocycles. The molecule has 160 valence electrons. The first-order valence-electron chi connectivity index (χ1n) is 10.1. The van der Waals surface area contributed by atoms with Crippen LogP contribution in [0.2, 0.25) is 5.02 Å². The van der Waals surface area contributed by atoms with Crippen molar-refractivity contribution in [2.24, 2.45) is 0 Å². The Morgan fingerprint density at radius 2 is 1.75 bits per heavy atom. The van der Waals surface area contributed by atoms with E-state index in [-0.39, 0.29) is 12.1 Å². The molecule has 1 aromatic carbocycles. The maximum atomic E-state index is 6.31. The van der Waals surface area contributed by atoms with Gasteiger partial charge in [0.05, 0.1) is 24.0 Å². The van der Waals surface area contributed by atoms with Gasteiger partial charge in [-0.2, -0.15) is 0 Å². The first kappa shape index (κ1) is 21.0. The van der Waals surface area contributed by atoms with E-state index in [4.69, 9.17) is 28.2 Å². The van der Waals surface area contributed by atoms with Crippen LogP contribution in [0, 0.1) is 0 Å². The van der Waals surface area contributed by atoms with Gasteiger partial charge in [0.2, 0.25) is 0 Å². The number of hydrogen-bond acceptors (Lipinski definition) is 5. The summed E-state index contributed by atoms with van der Waals surface area (Å²) in [5.74, 6) is 0.820. The lowest BCUT2D eigenvalue weighted by Crippen LogP contribution is -2.29. The molecule has 1 aliphatic rings. The highest BCUT2D eigenvalue weighted by Crippen LogP contribution is 2.41. The number of furan rings is 1. The lowest BCUT2D eigenvalue weighted by molar-refractivity contribution is 0.253. The van der Waals surface area contributed by atoms with Crippen LogP contribution >= 0.6 is 35.6 Å². The number of pyridine rings is 2. The Labute approximate surface area is 200 Å². The fourth-order valence-electron chi connectivity index (χ4n) is 3.72. The summed E-state index contributed by atoms with van der Waals surface area (Å²) in [5, 5.41) is 5.61. The van der Waals surface area contributed by atoms with E-state index in [1.165, 1.54) is 0 Å². The number of nitrogens with one attached hydrogen (secondary N) is 1. The highest BCUT2D eigenvalue weighted by molar-refractivity contribution is 7.99. The van der Waals surface area contributed by atoms with Crippen LogP contribution < -0.4 is 5.32 Å². The van der Waals surface area contributed by atoms with E-state index in [0.29, 0.717) is 16.7 Å². The maximum Gasteiger partial charge on any atom is 0.170 e. The fraction of sp³-hybridized carbons (Fsp3) is 0.125. The smallest absolute Gasteiger partial charge is 0.170 e. The highest BCUT2D eigenvalue weighted by atomic mass is 35.5. The molecule has 5 rings (SSSR count). The zero-order chi connectivity index (χ0) is 21.9. The van der Waals surface area contributed by atoms with Crippen molar-refractivity contribution < 1.29 is 4.42 Å². The van der Waals surface area contributed by atoms with Gasteiger partial charge in [-0.3, -0.25) is 9.97 Å². The monoisotopic (exact) mass is 478 g/mol. The van der Waals surface area contributed by atoms with Crippen LogP contribution in [0.1, 0.15) is 29.2 Å². The minimum Gasteiger partial charge on any atom is -0.452 e. The van der Waals surface area contributed by atoms with Crippen LogP contribution in [-0.4, -0.2) is 20.0 Å². The normalized spacial score (nSPS) is 18.0. The molecular formula is C24H19ClN4OS2. The Morgan fingerprint density at radius 1 is 0.969 bits per heavy atom. The summed E-state index contributed by atoms with van der Waals surface area (Å²) in [6.07, 6.45) is 3.59. The summed E-state index contributed by atoms with van der Waals surface area (Å²) in [6.45, 7) is 0.570. The van der Waals surface area contributed by atoms with E-state index >= 15 is 0 Å². The first-order valence-corrected chi connectivity index (χ1v) is 11.7. The van der Waals surface area contributed by atoms with E-state index in [9.17, 15) is 0 Å². The predicted octanol–water partition coefficient (Wildman–Crippen LogP) is 6.05. The first-order chi connectivity index (χ1) is 15.7. The molecule has 8 heteroatoms. The van der Waals surface area contributed by atoms with E-state index < -0.39 is 0 Å². The van der Waals surface area contributed by atoms with Crippen molar-refractivity contribution in [1.29, 1.82) is 0 Å². The predicted molar refractivity (Wildman–Crippen MR) is 130 cm³/mol. The second-order valence-corrected chi connectivity index (χ2v) is 9.19. The third kappa shape index (κ3) is 4.50. The molecule has 1 fully saturated rings. The largest absolute Gasteiger partial charge is 0.452 e. The average molecular weight is 479 g/mol. The van der Waals surface area contributed by atoms with Crippen LogP contribution in [0.4, 0.5) is 0 Å². The maximum absolute atomic E-state index is 6.31. The molecular weight excluding hydrogens is 460 g/mol. The van der Waals surface area contributed by atoms with Crippen LogP contribution in [0.3, 0.4) is 0 Å². The Morgan fingerprint density at radius 3 is 2.47 bits per heavy atom. The second-order valence-electron chi connectivity index (χ2n) is 7.29. The highest BCUT2D eigenvalue weighted by Gasteiger charge is 2.41. The van der Waals surface area contributed by atoms with Crippen molar-refractivity contribution in [3.63, 3.8) is 0 Å². The number of halogens is 1. The van der Waals surface area contributed by atoms with E-state index in [0.717, 1.165) is 27.1 Å². The number of thiocarbonyl (C=S) groups is 1. The molecule has 0 saturated carbocycles.